The summed E-state index contributed by atoms with van der Waals surface area (Å²) in [6.07, 6.45) is 6.52. The normalized spacial score (nSPS) is 11.0. The number of aromatic nitrogens is 3. The highest BCUT2D eigenvalue weighted by Gasteiger charge is 2.13. The Morgan fingerprint density at radius 2 is 2.21 bits per heavy atom. The maximum atomic E-state index is 12.3. The molecule has 0 fully saturated rings. The third-order valence-corrected chi connectivity index (χ3v) is 3.34. The molecule has 1 N–H and O–H groups in total. The number of aryl methyl sites for hydroxylation is 2. The van der Waals surface area contributed by atoms with E-state index in [1.165, 1.54) is 0 Å². The second kappa shape index (κ2) is 4.72. The van der Waals surface area contributed by atoms with Crippen molar-refractivity contribution in [2.75, 3.05) is 0 Å². The Morgan fingerprint density at radius 1 is 1.37 bits per heavy atom. The number of nitrogens with one attached hydrogen (secondary N) is 1. The van der Waals surface area contributed by atoms with Gasteiger partial charge in [-0.25, -0.2) is 4.98 Å². The van der Waals surface area contributed by atoms with Gasteiger partial charge in [0.05, 0.1) is 0 Å². The van der Waals surface area contributed by atoms with Crippen molar-refractivity contribution in [2.45, 2.75) is 12.8 Å². The summed E-state index contributed by atoms with van der Waals surface area (Å²) in [4.78, 5) is 19.5. The van der Waals surface area contributed by atoms with Crippen LogP contribution >= 0.6 is 0 Å². The first-order valence-electron chi connectivity index (χ1n) is 6.31. The number of para-hydroxylation sites is 1. The molecule has 2 heterocycles. The highest BCUT2D eigenvalue weighted by molar-refractivity contribution is 6.08. The molecule has 0 saturated carbocycles. The molecular formula is C15H15N3O. The third kappa shape index (κ3) is 2.17. The number of nitrogens with zero attached hydrogens (tertiary/aromatic N) is 2. The Labute approximate surface area is 111 Å². The Bertz CT molecular complexity index is 710. The van der Waals surface area contributed by atoms with Crippen molar-refractivity contribution in [3.05, 3.63) is 54.2 Å². The van der Waals surface area contributed by atoms with E-state index in [1.54, 1.807) is 12.4 Å². The molecule has 4 heteroatoms. The lowest BCUT2D eigenvalue weighted by atomic mass is 10.1. The van der Waals surface area contributed by atoms with E-state index in [0.29, 0.717) is 12.8 Å². The predicted octanol–water partition coefficient (Wildman–Crippen LogP) is 2.72. The second-order valence-corrected chi connectivity index (χ2v) is 4.63. The van der Waals surface area contributed by atoms with E-state index in [0.717, 1.165) is 22.3 Å². The van der Waals surface area contributed by atoms with Crippen LogP contribution in [0.5, 0.6) is 0 Å². The lowest BCUT2D eigenvalue weighted by Crippen LogP contribution is -2.01. The topological polar surface area (TPSA) is 50.7 Å². The summed E-state index contributed by atoms with van der Waals surface area (Å²) in [5, 5.41) is 1.02. The van der Waals surface area contributed by atoms with Gasteiger partial charge in [-0.2, -0.15) is 0 Å². The SMILES string of the molecule is Cn1cc(C(=O)CCc2ncc[nH]2)c2ccccc21. The fourth-order valence-corrected chi connectivity index (χ4v) is 2.37. The molecule has 4 nitrogen and oxygen atoms in total. The highest BCUT2D eigenvalue weighted by Crippen LogP contribution is 2.21. The summed E-state index contributed by atoms with van der Waals surface area (Å²) in [5.41, 5.74) is 1.88. The number of carbonyl (C=O) groups is 1. The van der Waals surface area contributed by atoms with Crippen LogP contribution in [0.15, 0.2) is 42.9 Å². The molecule has 0 spiro atoms. The molecule has 0 aliphatic rings. The van der Waals surface area contributed by atoms with Crippen LogP contribution in [0.2, 0.25) is 0 Å². The van der Waals surface area contributed by atoms with E-state index in [9.17, 15) is 4.79 Å². The smallest absolute Gasteiger partial charge is 0.165 e. The Morgan fingerprint density at radius 3 is 3.00 bits per heavy atom. The van der Waals surface area contributed by atoms with Crippen molar-refractivity contribution < 1.29 is 4.79 Å². The van der Waals surface area contributed by atoms with Crippen molar-refractivity contribution in [3.63, 3.8) is 0 Å². The van der Waals surface area contributed by atoms with Crippen LogP contribution in [0.3, 0.4) is 0 Å². The number of ketones is 1. The number of hydrogen-bond donors (Lipinski definition) is 1. The van der Waals surface area contributed by atoms with E-state index >= 15 is 0 Å². The Hall–Kier alpha value is -2.36. The van der Waals surface area contributed by atoms with Crippen molar-refractivity contribution in [2.24, 2.45) is 7.05 Å². The molecule has 96 valence electrons. The van der Waals surface area contributed by atoms with Crippen molar-refractivity contribution in [1.82, 2.24) is 14.5 Å². The number of fused-ring (bicyclic) bond motifs is 1. The summed E-state index contributed by atoms with van der Waals surface area (Å²) >= 11 is 0. The van der Waals surface area contributed by atoms with E-state index < -0.39 is 0 Å². The highest BCUT2D eigenvalue weighted by atomic mass is 16.1. The maximum Gasteiger partial charge on any atom is 0.165 e. The summed E-state index contributed by atoms with van der Waals surface area (Å²) < 4.78 is 2.00. The third-order valence-electron chi connectivity index (χ3n) is 3.34. The van der Waals surface area contributed by atoms with Gasteiger partial charge in [-0.3, -0.25) is 4.79 Å². The van der Waals surface area contributed by atoms with E-state index in [2.05, 4.69) is 9.97 Å². The average Bonchev–Trinajstić information content (AvgIpc) is 3.05. The molecule has 19 heavy (non-hydrogen) atoms. The first kappa shape index (κ1) is 11.7. The van der Waals surface area contributed by atoms with Gasteiger partial charge in [-0.05, 0) is 6.07 Å². The molecular weight excluding hydrogens is 238 g/mol. The minimum absolute atomic E-state index is 0.160. The average molecular weight is 253 g/mol. The van der Waals surface area contributed by atoms with Gasteiger partial charge < -0.3 is 9.55 Å². The molecule has 2 aromatic heterocycles. The first-order valence-corrected chi connectivity index (χ1v) is 6.31. The van der Waals surface area contributed by atoms with Gasteiger partial charge in [0.2, 0.25) is 0 Å². The van der Waals surface area contributed by atoms with E-state index in [1.807, 2.05) is 42.1 Å². The number of rotatable bonds is 4. The van der Waals surface area contributed by atoms with E-state index in [-0.39, 0.29) is 5.78 Å². The summed E-state index contributed by atoms with van der Waals surface area (Å²) in [7, 11) is 1.96. The van der Waals surface area contributed by atoms with Crippen molar-refractivity contribution in [3.8, 4) is 0 Å². The van der Waals surface area contributed by atoms with Crippen molar-refractivity contribution in [1.29, 1.82) is 0 Å². The van der Waals surface area contributed by atoms with Gasteiger partial charge in [0.25, 0.3) is 0 Å². The molecule has 3 rings (SSSR count). The lowest BCUT2D eigenvalue weighted by molar-refractivity contribution is 0.0983. The second-order valence-electron chi connectivity index (χ2n) is 4.63. The molecule has 1 aromatic carbocycles. The zero-order valence-corrected chi connectivity index (χ0v) is 10.8. The van der Waals surface area contributed by atoms with Gasteiger partial charge in [-0.1, -0.05) is 18.2 Å². The summed E-state index contributed by atoms with van der Waals surface area (Å²) in [6.45, 7) is 0. The monoisotopic (exact) mass is 253 g/mol. The van der Waals surface area contributed by atoms with Gasteiger partial charge in [0.1, 0.15) is 5.82 Å². The summed E-state index contributed by atoms with van der Waals surface area (Å²) in [5.74, 6) is 1.02. The first-order chi connectivity index (χ1) is 9.25. The lowest BCUT2D eigenvalue weighted by Gasteiger charge is -1.98. The molecule has 0 aliphatic carbocycles. The summed E-state index contributed by atoms with van der Waals surface area (Å²) in [6, 6.07) is 7.97. The van der Waals surface area contributed by atoms with Crippen LogP contribution in [0.25, 0.3) is 10.9 Å². The number of Topliss-reactive ketones (excluding diaryl/α,β-unsaturated/α-hetero) is 1. The van der Waals surface area contributed by atoms with Crippen LogP contribution < -0.4 is 0 Å². The van der Waals surface area contributed by atoms with Gasteiger partial charge in [0.15, 0.2) is 5.78 Å². The fourth-order valence-electron chi connectivity index (χ4n) is 2.37. The van der Waals surface area contributed by atoms with Crippen LogP contribution in [0, 0.1) is 0 Å². The molecule has 0 amide bonds. The van der Waals surface area contributed by atoms with Crippen molar-refractivity contribution >= 4 is 16.7 Å². The van der Waals surface area contributed by atoms with Crippen LogP contribution in [0.1, 0.15) is 22.6 Å². The van der Waals surface area contributed by atoms with Crippen LogP contribution in [0.4, 0.5) is 0 Å². The Kier molecular flexibility index (Phi) is 2.91. The van der Waals surface area contributed by atoms with Gasteiger partial charge in [-0.15, -0.1) is 0 Å². The van der Waals surface area contributed by atoms with Gasteiger partial charge in [0, 0.05) is 54.9 Å². The molecule has 0 saturated heterocycles. The maximum absolute atomic E-state index is 12.3. The van der Waals surface area contributed by atoms with Crippen LogP contribution in [-0.4, -0.2) is 20.3 Å². The van der Waals surface area contributed by atoms with Gasteiger partial charge >= 0.3 is 0 Å². The molecule has 0 unspecified atom stereocenters. The predicted molar refractivity (Wildman–Crippen MR) is 74.2 cm³/mol. The van der Waals surface area contributed by atoms with E-state index in [4.69, 9.17) is 0 Å². The largest absolute Gasteiger partial charge is 0.350 e. The minimum atomic E-state index is 0.160. The number of aromatic amines is 1. The number of benzene rings is 1. The molecule has 0 atom stereocenters. The number of H-pyrrole nitrogens is 1. The minimum Gasteiger partial charge on any atom is -0.350 e. The van der Waals surface area contributed by atoms with Crippen LogP contribution in [-0.2, 0) is 13.5 Å². The molecule has 3 aromatic rings. The zero-order valence-electron chi connectivity index (χ0n) is 10.8. The number of imidazole rings is 1. The quantitative estimate of drug-likeness (QED) is 0.727. The number of hydrogen-bond acceptors (Lipinski definition) is 2. The molecule has 0 aliphatic heterocycles. The molecule has 0 bridgehead atoms. The Balaban J connectivity index is 1.85. The standard InChI is InChI=1S/C15H15N3O/c1-18-10-12(11-4-2-3-5-13(11)18)14(19)6-7-15-16-8-9-17-15/h2-5,8-10H,6-7H2,1H3,(H,16,17). The molecule has 0 radical (unpaired) electrons. The zero-order chi connectivity index (χ0) is 13.2. The number of carbonyl (C=O) groups excluding carboxylic acids is 1. The fraction of sp³-hybridized carbons (Fsp3) is 0.200.